The molecule has 0 aromatic carbocycles. The molecule has 0 aliphatic heterocycles. The zero-order valence-electron chi connectivity index (χ0n) is 6.12. The van der Waals surface area contributed by atoms with Crippen LogP contribution in [-0.4, -0.2) is 29.8 Å². The summed E-state index contributed by atoms with van der Waals surface area (Å²) in [5.41, 5.74) is 0. The van der Waals surface area contributed by atoms with Crippen molar-refractivity contribution in [2.75, 3.05) is 0 Å². The monoisotopic (exact) mass is 148 g/mol. The normalized spacial score (nSPS) is 8.50. The summed E-state index contributed by atoms with van der Waals surface area (Å²) >= 11 is 0. The molecule has 0 rings (SSSR count). The molecule has 0 saturated heterocycles. The predicted octanol–water partition coefficient (Wildman–Crippen LogP) is -4.12. The van der Waals surface area contributed by atoms with Crippen LogP contribution >= 0.6 is 0 Å². The Hall–Kier alpha value is -0.0877. The first kappa shape index (κ1) is 12.6. The summed E-state index contributed by atoms with van der Waals surface area (Å²) in [7, 11) is -2.47. The van der Waals surface area contributed by atoms with Gasteiger partial charge in [0.15, 0.2) is 0 Å². The summed E-state index contributed by atoms with van der Waals surface area (Å²) in [6, 6.07) is 0. The minimum atomic E-state index is -3.33. The van der Waals surface area contributed by atoms with Crippen molar-refractivity contribution in [3.8, 4) is 0 Å². The van der Waals surface area contributed by atoms with Crippen LogP contribution in [0.3, 0.4) is 0 Å². The number of hydrogen-bond acceptors (Lipinski definition) is 4. The van der Waals surface area contributed by atoms with Gasteiger partial charge in [0.2, 0.25) is 0 Å². The van der Waals surface area contributed by atoms with Crippen molar-refractivity contribution in [1.82, 2.24) is 0 Å². The zero-order chi connectivity index (χ0) is 7.44. The summed E-state index contributed by atoms with van der Waals surface area (Å²) in [5.74, 6) is -1.95. The number of halogens is 2. The SMILES string of the molecule is O=C(OB(O)O)C(F)F.[H-].[Li+]. The van der Waals surface area contributed by atoms with Gasteiger partial charge < -0.3 is 16.1 Å². The van der Waals surface area contributed by atoms with E-state index in [1.54, 1.807) is 0 Å². The van der Waals surface area contributed by atoms with Crippen LogP contribution in [0.1, 0.15) is 1.43 Å². The molecular formula is C2H4BF2LiO4. The molecule has 0 fully saturated rings. The average molecular weight is 148 g/mol. The molecular weight excluding hydrogens is 144 g/mol. The summed E-state index contributed by atoms with van der Waals surface area (Å²) in [6.07, 6.45) is -3.33. The number of alkyl halides is 2. The van der Waals surface area contributed by atoms with Gasteiger partial charge in [-0.3, -0.25) is 0 Å². The zero-order valence-corrected chi connectivity index (χ0v) is 5.12. The molecule has 0 bridgehead atoms. The van der Waals surface area contributed by atoms with Crippen LogP contribution in [0.15, 0.2) is 0 Å². The molecule has 0 aromatic rings. The van der Waals surface area contributed by atoms with Crippen LogP contribution in [0.25, 0.3) is 0 Å². The van der Waals surface area contributed by atoms with E-state index in [1.165, 1.54) is 0 Å². The third-order valence-corrected chi connectivity index (χ3v) is 0.400. The molecule has 0 saturated carbocycles. The van der Waals surface area contributed by atoms with E-state index < -0.39 is 19.7 Å². The van der Waals surface area contributed by atoms with E-state index in [9.17, 15) is 13.6 Å². The van der Waals surface area contributed by atoms with Gasteiger partial charge >= 0.3 is 38.6 Å². The topological polar surface area (TPSA) is 66.8 Å². The van der Waals surface area contributed by atoms with E-state index >= 15 is 0 Å². The van der Waals surface area contributed by atoms with Crippen molar-refractivity contribution in [3.05, 3.63) is 0 Å². The Bertz CT molecular complexity index is 114. The maximum absolute atomic E-state index is 11.1. The maximum Gasteiger partial charge on any atom is 1.00 e. The van der Waals surface area contributed by atoms with E-state index in [4.69, 9.17) is 10.0 Å². The summed E-state index contributed by atoms with van der Waals surface area (Å²) in [4.78, 5) is 9.66. The van der Waals surface area contributed by atoms with Gasteiger partial charge in [-0.05, 0) is 0 Å². The van der Waals surface area contributed by atoms with E-state index in [1.807, 2.05) is 0 Å². The molecule has 0 amide bonds. The van der Waals surface area contributed by atoms with Crippen molar-refractivity contribution < 1.29 is 48.6 Å². The molecule has 0 unspecified atom stereocenters. The van der Waals surface area contributed by atoms with Crippen LogP contribution < -0.4 is 18.9 Å². The van der Waals surface area contributed by atoms with Crippen LogP contribution in [0.2, 0.25) is 0 Å². The van der Waals surface area contributed by atoms with Gasteiger partial charge in [0, 0.05) is 0 Å². The van der Waals surface area contributed by atoms with E-state index in [2.05, 4.69) is 4.65 Å². The van der Waals surface area contributed by atoms with Crippen LogP contribution in [0.5, 0.6) is 0 Å². The number of rotatable bonds is 2. The Morgan fingerprint density at radius 2 is 2.00 bits per heavy atom. The van der Waals surface area contributed by atoms with E-state index in [0.717, 1.165) is 0 Å². The van der Waals surface area contributed by atoms with Gasteiger partial charge in [-0.25, -0.2) is 4.79 Å². The van der Waals surface area contributed by atoms with E-state index in [0.29, 0.717) is 0 Å². The molecule has 0 aromatic heterocycles. The number of carbonyl (C=O) groups excluding carboxylic acids is 1. The van der Waals surface area contributed by atoms with Crippen molar-refractivity contribution in [2.24, 2.45) is 0 Å². The molecule has 0 aliphatic rings. The molecule has 0 aliphatic carbocycles. The first-order chi connectivity index (χ1) is 4.04. The smallest absolute Gasteiger partial charge is 1.00 e. The summed E-state index contributed by atoms with van der Waals surface area (Å²) < 4.78 is 25.4. The van der Waals surface area contributed by atoms with Crippen LogP contribution in [0.4, 0.5) is 8.78 Å². The quantitative estimate of drug-likeness (QED) is 0.390. The van der Waals surface area contributed by atoms with Gasteiger partial charge in [0.25, 0.3) is 0 Å². The van der Waals surface area contributed by atoms with Gasteiger partial charge in [-0.2, -0.15) is 8.78 Å². The second-order valence-corrected chi connectivity index (χ2v) is 1.06. The number of hydrogen-bond donors (Lipinski definition) is 2. The maximum atomic E-state index is 11.1. The van der Waals surface area contributed by atoms with Gasteiger partial charge in [-0.15, -0.1) is 0 Å². The molecule has 2 N–H and O–H groups in total. The molecule has 4 nitrogen and oxygen atoms in total. The summed E-state index contributed by atoms with van der Waals surface area (Å²) in [6.45, 7) is 0. The molecule has 54 valence electrons. The fourth-order valence-corrected chi connectivity index (χ4v) is 0.155. The third kappa shape index (κ3) is 6.04. The first-order valence-corrected chi connectivity index (χ1v) is 1.89. The fourth-order valence-electron chi connectivity index (χ4n) is 0.155. The second kappa shape index (κ2) is 5.68. The molecule has 0 atom stereocenters. The Balaban J connectivity index is -0.000000320. The molecule has 8 heteroatoms. The van der Waals surface area contributed by atoms with Crippen molar-refractivity contribution in [2.45, 2.75) is 6.43 Å². The minimum Gasteiger partial charge on any atom is -1.00 e. The van der Waals surface area contributed by atoms with Crippen LogP contribution in [-0.2, 0) is 9.45 Å². The Kier molecular flexibility index (Phi) is 7.14. The average Bonchev–Trinajstić information content (AvgIpc) is 1.63. The van der Waals surface area contributed by atoms with Crippen LogP contribution in [0, 0.1) is 0 Å². The van der Waals surface area contributed by atoms with Gasteiger partial charge in [0.05, 0.1) is 0 Å². The summed E-state index contributed by atoms with van der Waals surface area (Å²) in [5, 5.41) is 15.5. The largest absolute Gasteiger partial charge is 1.00 e. The fraction of sp³-hybridized carbons (Fsp3) is 0.500. The molecule has 0 spiro atoms. The molecule has 0 radical (unpaired) electrons. The van der Waals surface area contributed by atoms with Crippen molar-refractivity contribution in [1.29, 1.82) is 0 Å². The van der Waals surface area contributed by atoms with Gasteiger partial charge in [0.1, 0.15) is 0 Å². The van der Waals surface area contributed by atoms with Gasteiger partial charge in [-0.1, -0.05) is 0 Å². The first-order valence-electron chi connectivity index (χ1n) is 1.89. The third-order valence-electron chi connectivity index (χ3n) is 0.400. The Morgan fingerprint density at radius 3 is 2.10 bits per heavy atom. The Labute approximate surface area is 69.0 Å². The predicted molar refractivity (Wildman–Crippen MR) is 23.4 cm³/mol. The van der Waals surface area contributed by atoms with Crippen molar-refractivity contribution in [3.63, 3.8) is 0 Å². The van der Waals surface area contributed by atoms with E-state index in [-0.39, 0.29) is 20.3 Å². The molecule has 0 heterocycles. The number of carbonyl (C=O) groups is 1. The standard InChI is InChI=1S/C2H3BF2O4.Li.H/c4-1(5)2(6)9-3(7)8;;/h1,7-8H;;/q;+1;-1. The molecule has 10 heavy (non-hydrogen) atoms. The van der Waals surface area contributed by atoms with Crippen molar-refractivity contribution >= 4 is 13.3 Å². The second-order valence-electron chi connectivity index (χ2n) is 1.06. The Morgan fingerprint density at radius 1 is 1.60 bits per heavy atom. The minimum absolute atomic E-state index is 0.